The van der Waals surface area contributed by atoms with Crippen molar-refractivity contribution in [3.63, 3.8) is 0 Å². The van der Waals surface area contributed by atoms with Crippen molar-refractivity contribution >= 4 is 5.91 Å². The van der Waals surface area contributed by atoms with Gasteiger partial charge >= 0.3 is 0 Å². The van der Waals surface area contributed by atoms with E-state index < -0.39 is 12.1 Å². The molecule has 2 aliphatic rings. The van der Waals surface area contributed by atoms with Crippen LogP contribution in [-0.4, -0.2) is 39.3 Å². The molecule has 1 saturated carbocycles. The van der Waals surface area contributed by atoms with Crippen LogP contribution < -0.4 is 5.32 Å². The Morgan fingerprint density at radius 3 is 2.81 bits per heavy atom. The second kappa shape index (κ2) is 9.60. The van der Waals surface area contributed by atoms with Crippen molar-refractivity contribution in [3.05, 3.63) is 47.3 Å². The number of pyridine rings is 1. The third kappa shape index (κ3) is 4.88. The van der Waals surface area contributed by atoms with E-state index in [1.165, 1.54) is 0 Å². The molecule has 3 heterocycles. The highest BCUT2D eigenvalue weighted by molar-refractivity contribution is 5.83. The Morgan fingerprint density at radius 1 is 1.28 bits per heavy atom. The lowest BCUT2D eigenvalue weighted by Gasteiger charge is -2.30. The molecule has 0 bridgehead atoms. The van der Waals surface area contributed by atoms with Crippen LogP contribution >= 0.6 is 0 Å². The molecule has 170 valence electrons. The molecule has 0 saturated heterocycles. The normalized spacial score (nSPS) is 25.3. The van der Waals surface area contributed by atoms with Gasteiger partial charge in [-0.2, -0.15) is 5.11 Å². The van der Waals surface area contributed by atoms with Crippen molar-refractivity contribution in [1.29, 1.82) is 0 Å². The molecule has 1 aliphatic heterocycles. The molecule has 4 atom stereocenters. The van der Waals surface area contributed by atoms with Gasteiger partial charge in [0.25, 0.3) is 0 Å². The summed E-state index contributed by atoms with van der Waals surface area (Å²) in [5.74, 6) is 0.609. The number of hydrogen-bond donors (Lipinski definition) is 2. The Bertz CT molecular complexity index is 1010. The Kier molecular flexibility index (Phi) is 6.64. The van der Waals surface area contributed by atoms with Gasteiger partial charge < -0.3 is 19.7 Å². The maximum atomic E-state index is 12.7. The molecule has 2 aromatic heterocycles. The third-order valence-corrected chi connectivity index (χ3v) is 6.04. The van der Waals surface area contributed by atoms with Crippen LogP contribution in [0.3, 0.4) is 0 Å². The summed E-state index contributed by atoms with van der Waals surface area (Å²) in [5.41, 5.74) is 3.26. The summed E-state index contributed by atoms with van der Waals surface area (Å²) in [5, 5.41) is 25.5. The SMILES string of the molecule is Cc1ccc(-c2noc(C)c2COC2=CC(C)C(C(=O)N[C@@H]3CCCC[C@@H]3O)N=N2)cn1. The molecule has 2 unspecified atom stereocenters. The molecule has 1 amide bonds. The van der Waals surface area contributed by atoms with Crippen molar-refractivity contribution < 1.29 is 19.2 Å². The molecular formula is C23H29N5O4. The fraction of sp³-hybridized carbons (Fsp3) is 0.522. The highest BCUT2D eigenvalue weighted by atomic mass is 16.5. The first-order valence-corrected chi connectivity index (χ1v) is 11.0. The second-order valence-electron chi connectivity index (χ2n) is 8.53. The van der Waals surface area contributed by atoms with Crippen molar-refractivity contribution in [2.24, 2.45) is 16.1 Å². The number of amides is 1. The fourth-order valence-corrected chi connectivity index (χ4v) is 4.03. The minimum atomic E-state index is -0.636. The number of carbonyl (C=O) groups is 1. The molecule has 9 heteroatoms. The van der Waals surface area contributed by atoms with Gasteiger partial charge in [-0.25, -0.2) is 0 Å². The number of aliphatic hydroxyl groups excluding tert-OH is 1. The Labute approximate surface area is 187 Å². The van der Waals surface area contributed by atoms with Crippen molar-refractivity contribution in [3.8, 4) is 11.3 Å². The summed E-state index contributed by atoms with van der Waals surface area (Å²) in [6, 6.07) is 3.01. The Hall–Kier alpha value is -3.07. The highest BCUT2D eigenvalue weighted by Gasteiger charge is 2.32. The lowest BCUT2D eigenvalue weighted by molar-refractivity contribution is -0.125. The zero-order chi connectivity index (χ0) is 22.7. The fourth-order valence-electron chi connectivity index (χ4n) is 4.03. The molecule has 4 rings (SSSR count). The van der Waals surface area contributed by atoms with Gasteiger partial charge in [-0.15, -0.1) is 5.11 Å². The van der Waals surface area contributed by atoms with Gasteiger partial charge in [0.2, 0.25) is 11.8 Å². The minimum absolute atomic E-state index is 0.187. The number of nitrogens with zero attached hydrogens (tertiary/aromatic N) is 4. The molecule has 2 aromatic rings. The van der Waals surface area contributed by atoms with Crippen LogP contribution in [0.4, 0.5) is 0 Å². The quantitative estimate of drug-likeness (QED) is 0.709. The molecule has 2 N–H and O–H groups in total. The van der Waals surface area contributed by atoms with E-state index in [1.807, 2.05) is 32.9 Å². The van der Waals surface area contributed by atoms with Gasteiger partial charge in [0.05, 0.1) is 17.7 Å². The molecule has 32 heavy (non-hydrogen) atoms. The number of rotatable bonds is 6. The minimum Gasteiger partial charge on any atom is -0.472 e. The number of aromatic nitrogens is 2. The van der Waals surface area contributed by atoms with Crippen LogP contribution in [0.25, 0.3) is 11.3 Å². The monoisotopic (exact) mass is 439 g/mol. The number of ether oxygens (including phenoxy) is 1. The van der Waals surface area contributed by atoms with Crippen LogP contribution in [0.5, 0.6) is 0 Å². The van der Waals surface area contributed by atoms with E-state index in [0.29, 0.717) is 23.8 Å². The average Bonchev–Trinajstić information content (AvgIpc) is 3.14. The predicted molar refractivity (Wildman–Crippen MR) is 116 cm³/mol. The summed E-state index contributed by atoms with van der Waals surface area (Å²) in [6.07, 6.45) is 6.55. The summed E-state index contributed by atoms with van der Waals surface area (Å²) in [4.78, 5) is 17.0. The zero-order valence-electron chi connectivity index (χ0n) is 18.6. The van der Waals surface area contributed by atoms with Crippen LogP contribution in [0, 0.1) is 19.8 Å². The zero-order valence-corrected chi connectivity index (χ0v) is 18.6. The number of nitrogens with one attached hydrogen (secondary N) is 1. The maximum absolute atomic E-state index is 12.7. The van der Waals surface area contributed by atoms with Crippen LogP contribution in [0.1, 0.15) is 49.6 Å². The molecule has 9 nitrogen and oxygen atoms in total. The lowest BCUT2D eigenvalue weighted by Crippen LogP contribution is -2.49. The topological polar surface area (TPSA) is 122 Å². The van der Waals surface area contributed by atoms with E-state index in [-0.39, 0.29) is 24.5 Å². The molecular weight excluding hydrogens is 410 g/mol. The first kappa shape index (κ1) is 22.1. The van der Waals surface area contributed by atoms with Crippen molar-refractivity contribution in [2.45, 2.75) is 71.2 Å². The summed E-state index contributed by atoms with van der Waals surface area (Å²) in [6.45, 7) is 5.86. The van der Waals surface area contributed by atoms with Crippen LogP contribution in [0.2, 0.25) is 0 Å². The number of azo groups is 1. The number of aliphatic hydroxyl groups is 1. The molecule has 0 aromatic carbocycles. The second-order valence-corrected chi connectivity index (χ2v) is 8.53. The number of aryl methyl sites for hydroxylation is 2. The van der Waals surface area contributed by atoms with Gasteiger partial charge in [-0.3, -0.25) is 9.78 Å². The summed E-state index contributed by atoms with van der Waals surface area (Å²) >= 11 is 0. The van der Waals surface area contributed by atoms with Gasteiger partial charge in [0.15, 0.2) is 6.04 Å². The van der Waals surface area contributed by atoms with E-state index in [4.69, 9.17) is 9.26 Å². The number of hydrogen-bond acceptors (Lipinski definition) is 8. The van der Waals surface area contributed by atoms with E-state index in [0.717, 1.165) is 36.1 Å². The smallest absolute Gasteiger partial charge is 0.247 e. The van der Waals surface area contributed by atoms with E-state index in [9.17, 15) is 9.90 Å². The van der Waals surface area contributed by atoms with Gasteiger partial charge in [0.1, 0.15) is 18.1 Å². The van der Waals surface area contributed by atoms with E-state index >= 15 is 0 Å². The first-order valence-electron chi connectivity index (χ1n) is 11.0. The summed E-state index contributed by atoms with van der Waals surface area (Å²) in [7, 11) is 0. The van der Waals surface area contributed by atoms with Crippen LogP contribution in [0.15, 0.2) is 45.0 Å². The first-order chi connectivity index (χ1) is 15.4. The largest absolute Gasteiger partial charge is 0.472 e. The molecule has 0 radical (unpaired) electrons. The maximum Gasteiger partial charge on any atom is 0.247 e. The van der Waals surface area contributed by atoms with Gasteiger partial charge in [0, 0.05) is 23.4 Å². The highest BCUT2D eigenvalue weighted by Crippen LogP contribution is 2.28. The number of carbonyl (C=O) groups excluding carboxylic acids is 1. The van der Waals surface area contributed by atoms with Crippen molar-refractivity contribution in [2.75, 3.05) is 0 Å². The Balaban J connectivity index is 1.38. The van der Waals surface area contributed by atoms with Gasteiger partial charge in [-0.1, -0.05) is 24.9 Å². The summed E-state index contributed by atoms with van der Waals surface area (Å²) < 4.78 is 11.2. The molecule has 1 fully saturated rings. The van der Waals surface area contributed by atoms with Crippen molar-refractivity contribution in [1.82, 2.24) is 15.5 Å². The van der Waals surface area contributed by atoms with E-state index in [1.54, 1.807) is 12.3 Å². The standard InChI is InChI=1S/C23H29N5O4/c1-13-10-20(26-27-21(13)23(30)25-18-6-4-5-7-19(18)29)31-12-17-15(3)32-28-22(17)16-9-8-14(2)24-11-16/h8-11,13,18-19,21,29H,4-7,12H2,1-3H3,(H,25,30)/t13?,18-,19+,21?/m1/s1. The average molecular weight is 440 g/mol. The third-order valence-electron chi connectivity index (χ3n) is 6.04. The molecule has 0 spiro atoms. The van der Waals surface area contributed by atoms with Crippen LogP contribution in [-0.2, 0) is 16.1 Å². The Morgan fingerprint density at radius 2 is 2.09 bits per heavy atom. The predicted octanol–water partition coefficient (Wildman–Crippen LogP) is 3.60. The van der Waals surface area contributed by atoms with Gasteiger partial charge in [-0.05, 0) is 44.9 Å². The lowest BCUT2D eigenvalue weighted by atomic mass is 9.91. The van der Waals surface area contributed by atoms with E-state index in [2.05, 4.69) is 25.7 Å². The molecule has 1 aliphatic carbocycles.